The summed E-state index contributed by atoms with van der Waals surface area (Å²) in [4.78, 5) is 20.3. The molecule has 0 heterocycles. The van der Waals surface area contributed by atoms with Gasteiger partial charge in [-0.2, -0.15) is 0 Å². The zero-order valence-electron chi connectivity index (χ0n) is 13.3. The molecule has 0 saturated heterocycles. The second-order valence-electron chi connectivity index (χ2n) is 4.82. The monoisotopic (exact) mass is 396 g/mol. The molecule has 148 valence electrons. The summed E-state index contributed by atoms with van der Waals surface area (Å²) in [6.45, 7) is 0.290. The van der Waals surface area contributed by atoms with E-state index in [9.17, 15) is 9.59 Å². The summed E-state index contributed by atoms with van der Waals surface area (Å²) in [6, 6.07) is -1.78. The first-order valence-electron chi connectivity index (χ1n) is 6.88. The third-order valence-corrected chi connectivity index (χ3v) is 2.80. The van der Waals surface area contributed by atoms with Gasteiger partial charge in [-0.3, -0.25) is 9.59 Å². The number of aliphatic hydroxyl groups excluding tert-OH is 2. The van der Waals surface area contributed by atoms with E-state index < -0.39 is 36.2 Å². The Morgan fingerprint density at radius 2 is 0.958 bits per heavy atom. The van der Waals surface area contributed by atoms with Crippen LogP contribution in [0.4, 0.5) is 0 Å². The number of aliphatic carboxylic acids is 2. The van der Waals surface area contributed by atoms with Crippen molar-refractivity contribution in [3.05, 3.63) is 0 Å². The number of hydrogen-bond acceptors (Lipinski definition) is 8. The first kappa shape index (κ1) is 31.1. The second-order valence-corrected chi connectivity index (χ2v) is 4.82. The number of nitrogens with two attached hydrogens (primary N) is 4. The van der Waals surface area contributed by atoms with Crippen LogP contribution in [0, 0.1) is 0 Å². The minimum Gasteiger partial charge on any atom is -0.480 e. The van der Waals surface area contributed by atoms with Crippen LogP contribution in [0.3, 0.4) is 0 Å². The molecule has 0 aromatic heterocycles. The average molecular weight is 397 g/mol. The van der Waals surface area contributed by atoms with Crippen molar-refractivity contribution in [1.82, 2.24) is 0 Å². The quantitative estimate of drug-likeness (QED) is 0.199. The minimum atomic E-state index is -1.05. The summed E-state index contributed by atoms with van der Waals surface area (Å²) in [7, 11) is 0. The normalized spacial score (nSPS) is 14.6. The summed E-state index contributed by atoms with van der Waals surface area (Å²) >= 11 is 0. The summed E-state index contributed by atoms with van der Waals surface area (Å²) in [6.07, 6.45) is -0.0872. The van der Waals surface area contributed by atoms with Crippen molar-refractivity contribution in [2.24, 2.45) is 22.9 Å². The highest BCUT2D eigenvalue weighted by molar-refractivity contribution is 5.85. The molecule has 0 aliphatic heterocycles. The molecule has 4 atom stereocenters. The second kappa shape index (κ2) is 18.6. The molecule has 0 amide bonds. The maximum atomic E-state index is 10.2. The fraction of sp³-hybridized carbons (Fsp3) is 0.833. The number of carboxylic acids is 2. The maximum absolute atomic E-state index is 10.2. The van der Waals surface area contributed by atoms with Gasteiger partial charge < -0.3 is 43.4 Å². The van der Waals surface area contributed by atoms with Crippen molar-refractivity contribution >= 4 is 36.8 Å². The Morgan fingerprint density at radius 1 is 0.708 bits per heavy atom. The smallest absolute Gasteiger partial charge is 0.320 e. The lowest BCUT2D eigenvalue weighted by atomic mass is 10.1. The highest BCUT2D eigenvalue weighted by atomic mass is 35.5. The molecule has 0 rings (SSSR count). The van der Waals surface area contributed by atoms with Gasteiger partial charge in [-0.15, -0.1) is 24.8 Å². The molecule has 0 aromatic carbocycles. The highest BCUT2D eigenvalue weighted by Crippen LogP contribution is 1.99. The van der Waals surface area contributed by atoms with Gasteiger partial charge in [-0.05, 0) is 25.7 Å². The van der Waals surface area contributed by atoms with E-state index in [1.54, 1.807) is 0 Å². The molecule has 24 heavy (non-hydrogen) atoms. The fourth-order valence-electron chi connectivity index (χ4n) is 1.23. The number of halogens is 2. The molecule has 0 saturated carbocycles. The molecule has 2 unspecified atom stereocenters. The minimum absolute atomic E-state index is 0. The van der Waals surface area contributed by atoms with Gasteiger partial charge in [0.15, 0.2) is 0 Å². The van der Waals surface area contributed by atoms with E-state index in [-0.39, 0.29) is 50.7 Å². The van der Waals surface area contributed by atoms with Crippen molar-refractivity contribution in [3.8, 4) is 0 Å². The lowest BCUT2D eigenvalue weighted by Gasteiger charge is -2.09. The molecule has 10 nitrogen and oxygen atoms in total. The summed E-state index contributed by atoms with van der Waals surface area (Å²) < 4.78 is 0. The Bertz CT molecular complexity index is 298. The van der Waals surface area contributed by atoms with Crippen LogP contribution in [0.1, 0.15) is 25.7 Å². The zero-order chi connectivity index (χ0) is 17.7. The Morgan fingerprint density at radius 3 is 1.12 bits per heavy atom. The zero-order valence-corrected chi connectivity index (χ0v) is 14.9. The van der Waals surface area contributed by atoms with Crippen LogP contribution >= 0.6 is 24.8 Å². The third kappa shape index (κ3) is 19.3. The van der Waals surface area contributed by atoms with Crippen LogP contribution in [0.5, 0.6) is 0 Å². The predicted octanol–water partition coefficient (Wildman–Crippen LogP) is -2.16. The van der Waals surface area contributed by atoms with E-state index in [1.165, 1.54) is 0 Å². The van der Waals surface area contributed by atoms with Crippen molar-refractivity contribution in [3.63, 3.8) is 0 Å². The highest BCUT2D eigenvalue weighted by Gasteiger charge is 2.13. The molecule has 0 aliphatic carbocycles. The Balaban J connectivity index is -0.000000154. The third-order valence-electron chi connectivity index (χ3n) is 2.80. The van der Waals surface area contributed by atoms with Gasteiger partial charge in [-0.1, -0.05) is 0 Å². The molecule has 12 heteroatoms. The molecule has 0 bridgehead atoms. The van der Waals surface area contributed by atoms with Gasteiger partial charge >= 0.3 is 11.9 Å². The number of rotatable bonds is 10. The van der Waals surface area contributed by atoms with E-state index in [2.05, 4.69) is 0 Å². The SMILES string of the molecule is Cl.Cl.NCC(O)CC[C@@H](N)C(=O)O.NCC(O)CC[C@H](N)C(=O)O. The van der Waals surface area contributed by atoms with Crippen LogP contribution < -0.4 is 22.9 Å². The van der Waals surface area contributed by atoms with Crippen molar-refractivity contribution in [1.29, 1.82) is 0 Å². The van der Waals surface area contributed by atoms with Crippen LogP contribution in [0.2, 0.25) is 0 Å². The van der Waals surface area contributed by atoms with E-state index >= 15 is 0 Å². The van der Waals surface area contributed by atoms with E-state index in [4.69, 9.17) is 43.4 Å². The van der Waals surface area contributed by atoms with Crippen molar-refractivity contribution in [2.45, 2.75) is 50.0 Å². The molecule has 0 fully saturated rings. The number of carbonyl (C=O) groups is 2. The molecule has 0 spiro atoms. The predicted molar refractivity (Wildman–Crippen MR) is 94.3 cm³/mol. The van der Waals surface area contributed by atoms with Crippen molar-refractivity contribution in [2.75, 3.05) is 13.1 Å². The van der Waals surface area contributed by atoms with E-state index in [0.717, 1.165) is 0 Å². The van der Waals surface area contributed by atoms with Gasteiger partial charge in [-0.25, -0.2) is 0 Å². The van der Waals surface area contributed by atoms with Crippen molar-refractivity contribution < 1.29 is 30.0 Å². The Hall–Kier alpha value is -0.720. The van der Waals surface area contributed by atoms with Gasteiger partial charge in [0.2, 0.25) is 0 Å². The van der Waals surface area contributed by atoms with Crippen LogP contribution in [-0.2, 0) is 9.59 Å². The largest absolute Gasteiger partial charge is 0.480 e. The Kier molecular flexibility index (Phi) is 24.1. The number of carboxylic acid groups (broad SMARTS) is 2. The number of aliphatic hydroxyl groups is 2. The van der Waals surface area contributed by atoms with E-state index in [1.807, 2.05) is 0 Å². The van der Waals surface area contributed by atoms with Gasteiger partial charge in [0.05, 0.1) is 12.2 Å². The molecular weight excluding hydrogens is 367 g/mol. The topological polar surface area (TPSA) is 219 Å². The van der Waals surface area contributed by atoms with Crippen LogP contribution in [-0.4, -0.2) is 69.7 Å². The van der Waals surface area contributed by atoms with E-state index in [0.29, 0.717) is 12.8 Å². The molecule has 0 aliphatic rings. The Labute approximate surface area is 153 Å². The fourth-order valence-corrected chi connectivity index (χ4v) is 1.23. The number of hydrogen-bond donors (Lipinski definition) is 8. The van der Waals surface area contributed by atoms with Crippen LogP contribution in [0.15, 0.2) is 0 Å². The molecular formula is C12H30Cl2N4O6. The van der Waals surface area contributed by atoms with Gasteiger partial charge in [0, 0.05) is 13.1 Å². The van der Waals surface area contributed by atoms with Crippen LogP contribution in [0.25, 0.3) is 0 Å². The molecule has 0 radical (unpaired) electrons. The summed E-state index contributed by atoms with van der Waals surface area (Å²) in [5, 5.41) is 34.5. The first-order valence-corrected chi connectivity index (χ1v) is 6.88. The lowest BCUT2D eigenvalue weighted by Crippen LogP contribution is -2.32. The van der Waals surface area contributed by atoms with Gasteiger partial charge in [0.25, 0.3) is 0 Å². The first-order chi connectivity index (χ1) is 10.1. The average Bonchev–Trinajstić information content (AvgIpc) is 2.49. The molecule has 0 aromatic rings. The maximum Gasteiger partial charge on any atom is 0.320 e. The summed E-state index contributed by atoms with van der Waals surface area (Å²) in [5.41, 5.74) is 20.5. The van der Waals surface area contributed by atoms with Gasteiger partial charge in [0.1, 0.15) is 12.1 Å². The summed E-state index contributed by atoms with van der Waals surface area (Å²) in [5.74, 6) is -2.09. The molecule has 12 N–H and O–H groups in total. The standard InChI is InChI=1S/2C6H14N2O3.2ClH/c2*7-3-4(9)1-2-5(8)6(10)11;;/h2*4-5,9H,1-3,7-8H2,(H,10,11);2*1H/t2*4?,5-;;/m10../s1. The lowest BCUT2D eigenvalue weighted by molar-refractivity contribution is -0.139.